The van der Waals surface area contributed by atoms with Gasteiger partial charge in [0.05, 0.1) is 19.8 Å². The second-order valence-electron chi connectivity index (χ2n) is 7.38. The van der Waals surface area contributed by atoms with E-state index < -0.39 is 27.4 Å². The van der Waals surface area contributed by atoms with Crippen LogP contribution in [0.1, 0.15) is 26.7 Å². The second-order valence-corrected chi connectivity index (χ2v) is 22.0. The van der Waals surface area contributed by atoms with Gasteiger partial charge in [-0.3, -0.25) is 0 Å². The number of carboxylic acids is 1. The van der Waals surface area contributed by atoms with E-state index in [1.54, 1.807) is 0 Å². The van der Waals surface area contributed by atoms with E-state index in [0.717, 1.165) is 31.0 Å². The van der Waals surface area contributed by atoms with Crippen molar-refractivity contribution in [3.8, 4) is 0 Å². The first-order valence-electron chi connectivity index (χ1n) is 7.75. The van der Waals surface area contributed by atoms with Gasteiger partial charge in [0.25, 0.3) is 0 Å². The van der Waals surface area contributed by atoms with Crippen LogP contribution >= 0.6 is 0 Å². The van der Waals surface area contributed by atoms with E-state index in [2.05, 4.69) is 33.5 Å². The van der Waals surface area contributed by atoms with Gasteiger partial charge in [0.2, 0.25) is 0 Å². The first kappa shape index (κ1) is 19.1. The van der Waals surface area contributed by atoms with E-state index in [9.17, 15) is 9.59 Å². The third-order valence-electron chi connectivity index (χ3n) is 4.74. The fraction of sp³-hybridized carbons (Fsp3) is 0.733. The predicted octanol–water partition coefficient (Wildman–Crippen LogP) is 3.12. The molecule has 0 saturated carbocycles. The number of carbonyl (C=O) groups is 2. The van der Waals surface area contributed by atoms with Crippen LogP contribution < -0.4 is 0 Å². The minimum Gasteiger partial charge on any atom is -0.478 e. The third-order valence-corrected chi connectivity index (χ3v) is 22.1. The lowest BCUT2D eigenvalue weighted by molar-refractivity contribution is -0.138. The summed E-state index contributed by atoms with van der Waals surface area (Å²) in [5, 5.41) is 8.44. The van der Waals surface area contributed by atoms with Gasteiger partial charge in [-0.1, -0.05) is 18.6 Å². The van der Waals surface area contributed by atoms with Crippen molar-refractivity contribution in [3.05, 3.63) is 12.2 Å². The highest BCUT2D eigenvalue weighted by molar-refractivity contribution is 7.38. The van der Waals surface area contributed by atoms with Gasteiger partial charge in [-0.25, -0.2) is 9.59 Å². The summed E-state index contributed by atoms with van der Waals surface area (Å²) in [5.74, 6) is -1.74. The molecule has 1 aliphatic heterocycles. The zero-order valence-corrected chi connectivity index (χ0v) is 16.3. The molecule has 1 fully saturated rings. The molecule has 1 aliphatic rings. The Bertz CT molecular complexity index is 459. The Morgan fingerprint density at radius 2 is 1.91 bits per heavy atom. The highest BCUT2D eigenvalue weighted by Crippen LogP contribution is 2.41. The van der Waals surface area contributed by atoms with E-state index >= 15 is 0 Å². The van der Waals surface area contributed by atoms with Gasteiger partial charge in [-0.15, -0.1) is 0 Å². The molecule has 0 spiro atoms. The number of ether oxygens (including phenoxy) is 1. The van der Waals surface area contributed by atoms with Gasteiger partial charge in [0.1, 0.15) is 0 Å². The monoisotopic (exact) mass is 344 g/mol. The molecule has 0 aliphatic carbocycles. The zero-order valence-electron chi connectivity index (χ0n) is 14.3. The maximum atomic E-state index is 11.3. The van der Waals surface area contributed by atoms with Gasteiger partial charge in [0, 0.05) is 12.2 Å². The zero-order chi connectivity index (χ0) is 17.0. The number of aliphatic carboxylic acids is 1. The molecule has 0 radical (unpaired) electrons. The van der Waals surface area contributed by atoms with Gasteiger partial charge in [0.15, 0.2) is 7.83 Å². The quantitative estimate of drug-likeness (QED) is 0.347. The Kier molecular flexibility index (Phi) is 6.17. The second kappa shape index (κ2) is 7.10. The Labute approximate surface area is 134 Å². The van der Waals surface area contributed by atoms with Crippen LogP contribution in [0.5, 0.6) is 0 Å². The number of carboxylic acid groups (broad SMARTS) is 1. The van der Waals surface area contributed by atoms with Crippen molar-refractivity contribution < 1.29 is 23.9 Å². The molecule has 1 unspecified atom stereocenters. The van der Waals surface area contributed by atoms with Crippen molar-refractivity contribution in [2.45, 2.75) is 64.0 Å². The van der Waals surface area contributed by atoms with Crippen LogP contribution in [0.4, 0.5) is 0 Å². The molecule has 0 aromatic heterocycles. The average molecular weight is 345 g/mol. The molecular weight excluding hydrogens is 316 g/mol. The molecule has 1 N–H and O–H groups in total. The summed E-state index contributed by atoms with van der Waals surface area (Å²) >= 11 is 0. The molecule has 22 heavy (non-hydrogen) atoms. The fourth-order valence-corrected chi connectivity index (χ4v) is 14.3. The van der Waals surface area contributed by atoms with Crippen molar-refractivity contribution in [2.24, 2.45) is 0 Å². The molecule has 1 saturated heterocycles. The standard InChI is InChI=1S/C15H28O5Si2/c1-15(2)9-12-22(5,21(3,4)20-15)11-6-10-19-14(18)8-7-13(16)17/h7-8H,6,9-12H2,1-5H3,(H,16,17). The number of rotatable bonds is 6. The molecule has 0 bridgehead atoms. The molecule has 126 valence electrons. The Morgan fingerprint density at radius 1 is 1.27 bits per heavy atom. The maximum Gasteiger partial charge on any atom is 0.331 e. The lowest BCUT2D eigenvalue weighted by Crippen LogP contribution is -2.65. The first-order valence-corrected chi connectivity index (χ1v) is 14.6. The molecule has 1 rings (SSSR count). The Morgan fingerprint density at radius 3 is 2.45 bits per heavy atom. The summed E-state index contributed by atoms with van der Waals surface area (Å²) in [7, 11) is -3.13. The van der Waals surface area contributed by atoms with Gasteiger partial charge in [-0.2, -0.15) is 0 Å². The smallest absolute Gasteiger partial charge is 0.331 e. The molecular formula is C15H28O5Si2. The molecule has 7 heteroatoms. The topological polar surface area (TPSA) is 72.8 Å². The summed E-state index contributed by atoms with van der Waals surface area (Å²) in [6.07, 6.45) is 3.68. The normalized spacial score (nSPS) is 26.8. The highest BCUT2D eigenvalue weighted by Gasteiger charge is 2.52. The Hall–Kier alpha value is -0.926. The number of hydrogen-bond acceptors (Lipinski definition) is 4. The summed E-state index contributed by atoms with van der Waals surface area (Å²) < 4.78 is 11.5. The van der Waals surface area contributed by atoms with E-state index in [0.29, 0.717) is 6.61 Å². The van der Waals surface area contributed by atoms with Crippen molar-refractivity contribution >= 4 is 27.4 Å². The van der Waals surface area contributed by atoms with Crippen LogP contribution in [0, 0.1) is 0 Å². The molecule has 1 heterocycles. The molecule has 1 atom stereocenters. The van der Waals surface area contributed by atoms with Crippen molar-refractivity contribution in [2.75, 3.05) is 6.61 Å². The van der Waals surface area contributed by atoms with Crippen LogP contribution in [0.3, 0.4) is 0 Å². The lowest BCUT2D eigenvalue weighted by atomic mass is 10.1. The number of hydrogen-bond donors (Lipinski definition) is 1. The first-order chi connectivity index (χ1) is 9.97. The Balaban J connectivity index is 2.44. The largest absolute Gasteiger partial charge is 0.478 e. The molecule has 0 amide bonds. The van der Waals surface area contributed by atoms with E-state index in [1.165, 1.54) is 6.04 Å². The van der Waals surface area contributed by atoms with Gasteiger partial charge < -0.3 is 14.3 Å². The van der Waals surface area contributed by atoms with E-state index in [-0.39, 0.29) is 5.60 Å². The van der Waals surface area contributed by atoms with E-state index in [1.807, 2.05) is 0 Å². The number of esters is 1. The summed E-state index contributed by atoms with van der Waals surface area (Å²) in [4.78, 5) is 21.6. The van der Waals surface area contributed by atoms with E-state index in [4.69, 9.17) is 14.3 Å². The predicted molar refractivity (Wildman–Crippen MR) is 90.8 cm³/mol. The summed E-state index contributed by atoms with van der Waals surface area (Å²) in [6.45, 7) is 11.8. The molecule has 5 nitrogen and oxygen atoms in total. The average Bonchev–Trinajstić information content (AvgIpc) is 2.36. The third kappa shape index (κ3) is 5.37. The van der Waals surface area contributed by atoms with Crippen molar-refractivity contribution in [3.63, 3.8) is 0 Å². The lowest BCUT2D eigenvalue weighted by Gasteiger charge is -2.51. The fourth-order valence-electron chi connectivity index (χ4n) is 2.99. The van der Waals surface area contributed by atoms with Crippen molar-refractivity contribution in [1.29, 1.82) is 0 Å². The van der Waals surface area contributed by atoms with Gasteiger partial charge >= 0.3 is 11.9 Å². The maximum absolute atomic E-state index is 11.3. The minimum atomic E-state index is -1.68. The van der Waals surface area contributed by atoms with Crippen LogP contribution in [-0.2, 0) is 18.8 Å². The minimum absolute atomic E-state index is 0.00365. The molecule has 0 aromatic rings. The summed E-state index contributed by atoms with van der Waals surface area (Å²) in [6, 6.07) is 2.37. The SMILES string of the molecule is CC1(C)CC[Si](C)(CCCOC(=O)C=CC(=O)O)[Si](C)(C)O1. The van der Waals surface area contributed by atoms with Crippen LogP contribution in [0.25, 0.3) is 0 Å². The van der Waals surface area contributed by atoms with Crippen LogP contribution in [0.2, 0.25) is 31.7 Å². The summed E-state index contributed by atoms with van der Waals surface area (Å²) in [5.41, 5.74) is -0.00365. The van der Waals surface area contributed by atoms with Crippen LogP contribution in [-0.4, -0.2) is 44.7 Å². The number of carbonyl (C=O) groups excluding carboxylic acids is 1. The highest BCUT2D eigenvalue weighted by atomic mass is 29.3. The van der Waals surface area contributed by atoms with Crippen LogP contribution in [0.15, 0.2) is 12.2 Å². The molecule has 0 aromatic carbocycles. The van der Waals surface area contributed by atoms with Crippen molar-refractivity contribution in [1.82, 2.24) is 0 Å². The van der Waals surface area contributed by atoms with Gasteiger partial charge in [-0.05, 0) is 39.8 Å².